The van der Waals surface area contributed by atoms with Crippen LogP contribution >= 0.6 is 203 Å². The molecule has 0 bridgehead atoms. The molecule has 1 nitrogen and oxygen atoms in total. The average molecular weight is 1210 g/mol. The molecule has 0 rings (SSSR count). The SMILES string of the molecule is OC(I)(I)C(I)(I)C(I)(I)C(I)(I)I. The molecular weight excluding hydrogens is 1210 g/mol. The van der Waals surface area contributed by atoms with Crippen LogP contribution in [0.3, 0.4) is 0 Å². The van der Waals surface area contributed by atoms with Crippen LogP contribution in [0.4, 0.5) is 0 Å². The number of rotatable bonds is 3. The van der Waals surface area contributed by atoms with Crippen molar-refractivity contribution < 1.29 is 5.11 Å². The molecule has 86 valence electrons. The van der Waals surface area contributed by atoms with Crippen LogP contribution in [0.5, 0.6) is 0 Å². The Kier molecular flexibility index (Phi) is 10.6. The Balaban J connectivity index is 5.30. The van der Waals surface area contributed by atoms with Crippen molar-refractivity contribution in [1.82, 2.24) is 0 Å². The highest BCUT2D eigenvalue weighted by Gasteiger charge is 2.63. The third-order valence-corrected chi connectivity index (χ3v) is 26.0. The van der Waals surface area contributed by atoms with Crippen molar-refractivity contribution in [3.8, 4) is 0 Å². The Morgan fingerprint density at radius 3 is 0.929 bits per heavy atom. The van der Waals surface area contributed by atoms with Gasteiger partial charge in [0.1, 0.15) is 2.29 Å². The normalized spacial score (nSPS) is 15.9. The maximum absolute atomic E-state index is 10.2. The predicted octanol–water partition coefficient (Wildman–Crippen LogP) is 6.59. The molecule has 0 atom stereocenters. The lowest BCUT2D eigenvalue weighted by molar-refractivity contribution is 0.259. The van der Waals surface area contributed by atoms with Crippen LogP contribution in [0, 0.1) is 0 Å². The molecule has 10 heteroatoms. The maximum Gasteiger partial charge on any atom is 0.192 e. The van der Waals surface area contributed by atoms with Gasteiger partial charge in [-0.1, -0.05) is 158 Å². The van der Waals surface area contributed by atoms with Gasteiger partial charge in [0.2, 0.25) is 0 Å². The van der Waals surface area contributed by atoms with E-state index in [0.29, 0.717) is 0 Å². The molecule has 1 N–H and O–H groups in total. The van der Waals surface area contributed by atoms with E-state index in [9.17, 15) is 5.11 Å². The molecule has 0 saturated heterocycles. The summed E-state index contributed by atoms with van der Waals surface area (Å²) in [4.78, 5) is 0. The summed E-state index contributed by atoms with van der Waals surface area (Å²) in [6, 6.07) is 0. The summed E-state index contributed by atoms with van der Waals surface area (Å²) in [5.41, 5.74) is 0. The molecule has 0 aliphatic heterocycles. The molecule has 0 unspecified atom stereocenters. The van der Waals surface area contributed by atoms with E-state index < -0.39 is 1.61 Å². The van der Waals surface area contributed by atoms with Crippen molar-refractivity contribution in [3.05, 3.63) is 0 Å². The van der Waals surface area contributed by atoms with Crippen LogP contribution in [0.25, 0.3) is 0 Å². The summed E-state index contributed by atoms with van der Waals surface area (Å²) in [5, 5.41) is 10.2. The predicted molar refractivity (Wildman–Crippen MR) is 139 cm³/mol. The van der Waals surface area contributed by atoms with E-state index in [1.807, 2.05) is 0 Å². The molecule has 0 aromatic rings. The van der Waals surface area contributed by atoms with E-state index in [2.05, 4.69) is 203 Å². The molecule has 0 heterocycles. The van der Waals surface area contributed by atoms with Gasteiger partial charge in [0, 0.05) is 0 Å². The minimum absolute atomic E-state index is 0.0358. The second-order valence-corrected chi connectivity index (χ2v) is 29.0. The zero-order chi connectivity index (χ0) is 12.0. The summed E-state index contributed by atoms with van der Waals surface area (Å²) in [6.07, 6.45) is 0. The van der Waals surface area contributed by atoms with E-state index in [4.69, 9.17) is 0 Å². The molecule has 0 spiro atoms. The second kappa shape index (κ2) is 7.19. The van der Waals surface area contributed by atoms with Gasteiger partial charge in [0.25, 0.3) is 0 Å². The number of aliphatic hydroxyl groups is 1. The van der Waals surface area contributed by atoms with E-state index in [1.54, 1.807) is 0 Å². The first-order valence-electron chi connectivity index (χ1n) is 2.67. The lowest BCUT2D eigenvalue weighted by Crippen LogP contribution is -2.53. The van der Waals surface area contributed by atoms with Crippen molar-refractivity contribution >= 4 is 203 Å². The minimum atomic E-state index is -0.779. The molecule has 0 saturated carbocycles. The summed E-state index contributed by atoms with van der Waals surface area (Å²) < 4.78 is -1.08. The lowest BCUT2D eigenvalue weighted by atomic mass is 10.3. The van der Waals surface area contributed by atoms with Gasteiger partial charge in [-0.05, 0) is 45.2 Å². The number of hydrogen-bond donors (Lipinski definition) is 1. The third-order valence-electron chi connectivity index (χ3n) is 1.13. The molecule has 14 heavy (non-hydrogen) atoms. The van der Waals surface area contributed by atoms with Crippen LogP contribution in [0.2, 0.25) is 0 Å². The van der Waals surface area contributed by atoms with Crippen LogP contribution < -0.4 is 0 Å². The first-order valence-corrected chi connectivity index (χ1v) is 12.4. The van der Waals surface area contributed by atoms with Crippen molar-refractivity contribution in [2.24, 2.45) is 0 Å². The Labute approximate surface area is 206 Å². The van der Waals surface area contributed by atoms with Gasteiger partial charge in [-0.3, -0.25) is 0 Å². The average Bonchev–Trinajstić information content (AvgIpc) is 1.81. The fourth-order valence-electron chi connectivity index (χ4n) is 0.367. The minimum Gasteiger partial charge on any atom is -0.369 e. The molecule has 0 fully saturated rings. The number of hydrogen-bond acceptors (Lipinski definition) is 1. The highest BCUT2D eigenvalue weighted by molar-refractivity contribution is 14.3. The third kappa shape index (κ3) is 5.06. The van der Waals surface area contributed by atoms with E-state index in [-0.39, 0.29) is 2.29 Å². The van der Waals surface area contributed by atoms with Crippen molar-refractivity contribution in [2.75, 3.05) is 0 Å². The maximum atomic E-state index is 10.2. The largest absolute Gasteiger partial charge is 0.369 e. The van der Waals surface area contributed by atoms with Crippen LogP contribution in [-0.2, 0) is 0 Å². The Morgan fingerprint density at radius 1 is 0.571 bits per heavy atom. The molecule has 0 amide bonds. The first-order chi connectivity index (χ1) is 5.75. The summed E-state index contributed by atoms with van der Waals surface area (Å²) in [5.74, 6) is 0. The molecular formula is C4HI9O. The summed E-state index contributed by atoms with van der Waals surface area (Å²) in [6.45, 7) is 0. The quantitative estimate of drug-likeness (QED) is 0.250. The lowest BCUT2D eigenvalue weighted by Gasteiger charge is -2.45. The molecule has 0 radical (unpaired) electrons. The van der Waals surface area contributed by atoms with E-state index >= 15 is 0 Å². The van der Waals surface area contributed by atoms with Gasteiger partial charge in [-0.15, -0.1) is 0 Å². The standard InChI is InChI=1S/C4HI9O/c5-1(6,3(9,10)11)2(7,8)4(12,13)14/h14H. The highest BCUT2D eigenvalue weighted by Crippen LogP contribution is 2.69. The van der Waals surface area contributed by atoms with Crippen LogP contribution in [-0.4, -0.2) is 9.01 Å². The molecule has 0 aliphatic carbocycles. The van der Waals surface area contributed by atoms with Gasteiger partial charge in [-0.2, -0.15) is 0 Å². The van der Waals surface area contributed by atoms with Gasteiger partial charge in [0.05, 0.1) is 0 Å². The second-order valence-electron chi connectivity index (χ2n) is 2.19. The van der Waals surface area contributed by atoms with Crippen LogP contribution in [0.1, 0.15) is 0 Å². The van der Waals surface area contributed by atoms with E-state index in [0.717, 1.165) is 0 Å². The topological polar surface area (TPSA) is 20.2 Å². The molecule has 0 aromatic heterocycles. The zero-order valence-electron chi connectivity index (χ0n) is 5.85. The number of halogens is 9. The Bertz CT molecular complexity index is 186. The van der Waals surface area contributed by atoms with E-state index in [1.165, 1.54) is 0 Å². The Morgan fingerprint density at radius 2 is 0.857 bits per heavy atom. The highest BCUT2D eigenvalue weighted by atomic mass is 127. The van der Waals surface area contributed by atoms with Crippen LogP contribution in [0.15, 0.2) is 0 Å². The van der Waals surface area contributed by atoms with Gasteiger partial charge < -0.3 is 5.11 Å². The van der Waals surface area contributed by atoms with Gasteiger partial charge in [0.15, 0.2) is 1.61 Å². The fraction of sp³-hybridized carbons (Fsp3) is 1.00. The summed E-state index contributed by atoms with van der Waals surface area (Å²) >= 11 is 21.0. The van der Waals surface area contributed by atoms with Crippen molar-refractivity contribution in [2.45, 2.75) is 3.91 Å². The first kappa shape index (κ1) is 20.5. The molecule has 0 aliphatic rings. The Hall–Kier alpha value is 6.53. The van der Waals surface area contributed by atoms with Gasteiger partial charge in [-0.25, -0.2) is 0 Å². The summed E-state index contributed by atoms with van der Waals surface area (Å²) in [7, 11) is 0. The zero-order valence-corrected chi connectivity index (χ0v) is 25.3. The van der Waals surface area contributed by atoms with Crippen molar-refractivity contribution in [3.63, 3.8) is 0 Å². The monoisotopic (exact) mass is 1210 g/mol. The fourth-order valence-corrected chi connectivity index (χ4v) is 9.14. The van der Waals surface area contributed by atoms with Crippen molar-refractivity contribution in [1.29, 1.82) is 0 Å². The van der Waals surface area contributed by atoms with Gasteiger partial charge >= 0.3 is 0 Å². The molecule has 0 aromatic carbocycles. The number of alkyl halides is 9. The smallest absolute Gasteiger partial charge is 0.192 e.